The summed E-state index contributed by atoms with van der Waals surface area (Å²) in [5.74, 6) is 0.0784. The molecule has 0 saturated heterocycles. The van der Waals surface area contributed by atoms with Gasteiger partial charge in [-0.2, -0.15) is 0 Å². The van der Waals surface area contributed by atoms with Crippen LogP contribution in [-0.2, 0) is 26.3 Å². The summed E-state index contributed by atoms with van der Waals surface area (Å²) in [4.78, 5) is 14.6. The number of aliphatic imine (C=N–C) groups is 1. The molecule has 1 aromatic carbocycles. The normalized spacial score (nSPS) is 11.0. The van der Waals surface area contributed by atoms with Gasteiger partial charge in [-0.3, -0.25) is 15.1 Å². The molecule has 0 radical (unpaired) electrons. The average molecular weight is 426 g/mol. The van der Waals surface area contributed by atoms with Crippen molar-refractivity contribution in [3.05, 3.63) is 33.4 Å². The molecular weight excluding hydrogens is 406 g/mol. The molecule has 1 N–H and O–H groups in total. The molecule has 0 spiro atoms. The third-order valence-corrected chi connectivity index (χ3v) is 3.36. The quantitative estimate of drug-likeness (QED) is 0.417. The van der Waals surface area contributed by atoms with Crippen LogP contribution < -0.4 is 0 Å². The van der Waals surface area contributed by atoms with Crippen molar-refractivity contribution in [2.24, 2.45) is 4.99 Å². The first-order chi connectivity index (χ1) is 10.2. The monoisotopic (exact) mass is 424 g/mol. The molecule has 0 bridgehead atoms. The first-order valence-corrected chi connectivity index (χ1v) is 13.1. The van der Waals surface area contributed by atoms with Crippen LogP contribution in [0.5, 0.6) is 5.75 Å². The van der Waals surface area contributed by atoms with Gasteiger partial charge < -0.3 is 5.11 Å². The summed E-state index contributed by atoms with van der Waals surface area (Å²) >= 11 is -0.826. The predicted octanol–water partition coefficient (Wildman–Crippen LogP) is 4.80. The number of phenolic OH excluding ortho intramolecular Hbond substituents is 1. The molecule has 0 unspecified atom stereocenters. The van der Waals surface area contributed by atoms with Crippen LogP contribution in [0.15, 0.2) is 17.1 Å². The number of rotatable bonds is 5. The molecule has 1 rings (SSSR count). The van der Waals surface area contributed by atoms with Crippen molar-refractivity contribution in [1.29, 1.82) is 0 Å². The molecule has 0 saturated carbocycles. The third-order valence-electron chi connectivity index (χ3n) is 3.36. The second-order valence-electron chi connectivity index (χ2n) is 5.13. The van der Waals surface area contributed by atoms with Crippen LogP contribution in [-0.4, -0.2) is 22.8 Å². The Bertz CT molecular complexity index is 537. The van der Waals surface area contributed by atoms with Crippen LogP contribution in [0.25, 0.3) is 0 Å². The number of nitro benzene ring substituents is 1. The molecule has 0 atom stereocenters. The summed E-state index contributed by atoms with van der Waals surface area (Å²) < 4.78 is 0. The summed E-state index contributed by atoms with van der Waals surface area (Å²) in [6.07, 6.45) is 2.25. The van der Waals surface area contributed by atoms with Gasteiger partial charge in [-0.05, 0) is 18.8 Å². The Morgan fingerprint density at radius 2 is 1.95 bits per heavy atom. The molecule has 5 nitrogen and oxygen atoms in total. The molecule has 0 aliphatic carbocycles. The van der Waals surface area contributed by atoms with Gasteiger partial charge in [0.1, 0.15) is 5.75 Å². The maximum atomic E-state index is 11.0. The molecule has 122 valence electrons. The van der Waals surface area contributed by atoms with Crippen molar-refractivity contribution in [1.82, 2.24) is 0 Å². The fraction of sp³-hybridized carbons (Fsp3) is 0.500. The van der Waals surface area contributed by atoms with E-state index in [1.807, 2.05) is 27.7 Å². The van der Waals surface area contributed by atoms with E-state index in [4.69, 9.17) is 17.0 Å². The van der Waals surface area contributed by atoms with Crippen molar-refractivity contribution in [2.75, 3.05) is 6.54 Å². The number of halogens is 2. The zero-order chi connectivity index (χ0) is 17.3. The van der Waals surface area contributed by atoms with Crippen LogP contribution in [0.3, 0.4) is 0 Å². The summed E-state index contributed by atoms with van der Waals surface area (Å²) in [7, 11) is 9.87. The van der Waals surface area contributed by atoms with Gasteiger partial charge in [-0.15, -0.1) is 0 Å². The number of nitrogens with zero attached hydrogens (tertiary/aromatic N) is 2. The Kier molecular flexibility index (Phi) is 10.1. The zero-order valence-corrected chi connectivity index (χ0v) is 17.0. The average Bonchev–Trinajstić information content (AvgIpc) is 2.46. The Balaban J connectivity index is 0.00000135. The maximum absolute atomic E-state index is 11.0. The van der Waals surface area contributed by atoms with Gasteiger partial charge in [0.05, 0.1) is 4.92 Å². The molecule has 0 aromatic heterocycles. The summed E-state index contributed by atoms with van der Waals surface area (Å²) in [6.45, 7) is 8.31. The number of aromatic hydroxyl groups is 1. The molecule has 0 amide bonds. The zero-order valence-electron chi connectivity index (χ0n) is 13.1. The van der Waals surface area contributed by atoms with Crippen molar-refractivity contribution < 1.29 is 30.9 Å². The van der Waals surface area contributed by atoms with E-state index in [1.54, 1.807) is 0 Å². The molecule has 0 heterocycles. The second-order valence-corrected chi connectivity index (χ2v) is 8.86. The number of hydrogen-bond acceptors (Lipinski definition) is 4. The number of phenols is 1. The summed E-state index contributed by atoms with van der Waals surface area (Å²) in [5, 5.41) is 21.3. The Morgan fingerprint density at radius 1 is 1.41 bits per heavy atom. The molecule has 8 heteroatoms. The second kappa shape index (κ2) is 10.4. The van der Waals surface area contributed by atoms with Gasteiger partial charge in [0.15, 0.2) is 0 Å². The first-order valence-electron chi connectivity index (χ1n) is 6.73. The number of non-ortho nitro benzene ring substituents is 1. The van der Waals surface area contributed by atoms with Gasteiger partial charge in [-0.25, -0.2) is 0 Å². The van der Waals surface area contributed by atoms with E-state index in [0.717, 1.165) is 6.42 Å². The molecule has 1 aromatic rings. The molecule has 0 fully saturated rings. The van der Waals surface area contributed by atoms with Crippen molar-refractivity contribution >= 4 is 28.9 Å². The van der Waals surface area contributed by atoms with E-state index in [-0.39, 0.29) is 16.9 Å². The minimum absolute atomic E-state index is 0.0214. The van der Waals surface area contributed by atoms with E-state index in [0.29, 0.717) is 17.7 Å². The van der Waals surface area contributed by atoms with Gasteiger partial charge in [0.2, 0.25) is 0 Å². The van der Waals surface area contributed by atoms with Crippen LogP contribution in [0.1, 0.15) is 45.2 Å². The number of nitro groups is 1. The number of benzene rings is 1. The minimum atomic E-state index is -0.826. The number of hydrogen-bond donors (Lipinski definition) is 1. The molecule has 22 heavy (non-hydrogen) atoms. The van der Waals surface area contributed by atoms with Gasteiger partial charge >= 0.3 is 37.9 Å². The first kappa shape index (κ1) is 21.6. The van der Waals surface area contributed by atoms with Crippen molar-refractivity contribution in [3.63, 3.8) is 0 Å². The fourth-order valence-electron chi connectivity index (χ4n) is 1.74. The Morgan fingerprint density at radius 3 is 2.36 bits per heavy atom. The van der Waals surface area contributed by atoms with Crippen LogP contribution >= 0.6 is 17.0 Å². The summed E-state index contributed by atoms with van der Waals surface area (Å²) in [6, 6.07) is 2.80. The Hall–Kier alpha value is -0.447. The van der Waals surface area contributed by atoms with E-state index < -0.39 is 25.8 Å². The SMILES string of the molecule is CCN=Cc1cc([N+](=O)[O-])cc(C(C)(C)CC)c1O.[Cl][Zr][Cl]. The van der Waals surface area contributed by atoms with Crippen molar-refractivity contribution in [3.8, 4) is 5.75 Å². The van der Waals surface area contributed by atoms with Crippen molar-refractivity contribution in [2.45, 2.75) is 39.5 Å². The summed E-state index contributed by atoms with van der Waals surface area (Å²) in [5.41, 5.74) is 0.631. The fourth-order valence-corrected chi connectivity index (χ4v) is 1.74. The van der Waals surface area contributed by atoms with Crippen LogP contribution in [0, 0.1) is 10.1 Å². The van der Waals surface area contributed by atoms with E-state index in [9.17, 15) is 15.2 Å². The van der Waals surface area contributed by atoms with Gasteiger partial charge in [-0.1, -0.05) is 20.8 Å². The van der Waals surface area contributed by atoms with Crippen LogP contribution in [0.2, 0.25) is 0 Å². The van der Waals surface area contributed by atoms with Gasteiger partial charge in [0.25, 0.3) is 5.69 Å². The standard InChI is InChI=1S/C14H20N2O3.2ClH.Zr/c1-5-14(3,4)12-8-11(16(18)19)7-10(13(12)17)9-15-6-2;;;/h7-9,17H,5-6H2,1-4H3;2*1H;/q;;;+2/p-2. The predicted molar refractivity (Wildman–Crippen MR) is 87.9 cm³/mol. The van der Waals surface area contributed by atoms with E-state index >= 15 is 0 Å². The van der Waals surface area contributed by atoms with Gasteiger partial charge in [0, 0.05) is 36.0 Å². The molecular formula is C14H20Cl2N2O3Zr. The van der Waals surface area contributed by atoms with E-state index in [1.165, 1.54) is 18.3 Å². The molecule has 0 aliphatic rings. The van der Waals surface area contributed by atoms with Crippen LogP contribution in [0.4, 0.5) is 5.69 Å². The third kappa shape index (κ3) is 6.35. The topological polar surface area (TPSA) is 75.7 Å². The molecule has 0 aliphatic heterocycles. The van der Waals surface area contributed by atoms with E-state index in [2.05, 4.69) is 4.99 Å². The Labute approximate surface area is 149 Å².